The molecule has 0 aromatic carbocycles. The van der Waals surface area contributed by atoms with Gasteiger partial charge in [-0.15, -0.1) is 0 Å². The van der Waals surface area contributed by atoms with Gasteiger partial charge in [0.15, 0.2) is 0 Å². The molecule has 2 rings (SSSR count). The van der Waals surface area contributed by atoms with Crippen molar-refractivity contribution in [3.63, 3.8) is 0 Å². The molecule has 0 radical (unpaired) electrons. The second kappa shape index (κ2) is 5.25. The number of rotatable bonds is 2. The third kappa shape index (κ3) is 2.26. The Morgan fingerprint density at radius 3 is 2.94 bits per heavy atom. The van der Waals surface area contributed by atoms with Gasteiger partial charge in [-0.05, 0) is 25.5 Å². The van der Waals surface area contributed by atoms with Gasteiger partial charge in [-0.25, -0.2) is 0 Å². The monoisotopic (exact) mass is 244 g/mol. The first-order valence-electron chi connectivity index (χ1n) is 6.37. The van der Waals surface area contributed by atoms with Gasteiger partial charge in [0.25, 0.3) is 0 Å². The van der Waals surface area contributed by atoms with Crippen LogP contribution >= 0.6 is 11.8 Å². The first kappa shape index (κ1) is 12.7. The molecule has 0 aromatic rings. The van der Waals surface area contributed by atoms with Crippen molar-refractivity contribution < 1.29 is 4.74 Å². The van der Waals surface area contributed by atoms with Crippen molar-refractivity contribution in [2.75, 3.05) is 32.0 Å². The van der Waals surface area contributed by atoms with Crippen LogP contribution in [0.15, 0.2) is 0 Å². The average molecular weight is 244 g/mol. The molecule has 4 heteroatoms. The van der Waals surface area contributed by atoms with Crippen molar-refractivity contribution in [3.8, 4) is 0 Å². The minimum absolute atomic E-state index is 0.229. The summed E-state index contributed by atoms with van der Waals surface area (Å²) in [6.07, 6.45) is 2.73. The highest BCUT2D eigenvalue weighted by Crippen LogP contribution is 2.40. The molecule has 3 unspecified atom stereocenters. The Labute approximate surface area is 103 Å². The lowest BCUT2D eigenvalue weighted by molar-refractivity contribution is 0.0389. The van der Waals surface area contributed by atoms with Crippen molar-refractivity contribution in [3.05, 3.63) is 0 Å². The van der Waals surface area contributed by atoms with Crippen LogP contribution in [0.3, 0.4) is 0 Å². The van der Waals surface area contributed by atoms with Gasteiger partial charge >= 0.3 is 0 Å². The fourth-order valence-corrected chi connectivity index (χ4v) is 4.48. The Balaban J connectivity index is 2.12. The summed E-state index contributed by atoms with van der Waals surface area (Å²) < 4.78 is 5.73. The number of hydrogen-bond donors (Lipinski definition) is 1. The van der Waals surface area contributed by atoms with Crippen molar-refractivity contribution in [1.82, 2.24) is 4.90 Å². The topological polar surface area (TPSA) is 38.5 Å². The van der Waals surface area contributed by atoms with Crippen LogP contribution in [-0.2, 0) is 4.74 Å². The Morgan fingerprint density at radius 2 is 2.31 bits per heavy atom. The second-order valence-electron chi connectivity index (χ2n) is 5.05. The zero-order chi connectivity index (χ0) is 11.6. The van der Waals surface area contributed by atoms with Crippen LogP contribution in [0.5, 0.6) is 0 Å². The third-order valence-electron chi connectivity index (χ3n) is 4.10. The maximum Gasteiger partial charge on any atom is 0.0674 e. The lowest BCUT2D eigenvalue weighted by Crippen LogP contribution is -2.58. The summed E-state index contributed by atoms with van der Waals surface area (Å²) in [4.78, 5) is 2.61. The molecule has 94 valence electrons. The molecule has 2 N–H and O–H groups in total. The van der Waals surface area contributed by atoms with Crippen molar-refractivity contribution in [2.24, 2.45) is 5.73 Å². The van der Waals surface area contributed by atoms with Gasteiger partial charge in [0.2, 0.25) is 0 Å². The van der Waals surface area contributed by atoms with E-state index in [1.807, 2.05) is 0 Å². The van der Waals surface area contributed by atoms with Crippen molar-refractivity contribution >= 4 is 11.8 Å². The highest BCUT2D eigenvalue weighted by Gasteiger charge is 2.45. The van der Waals surface area contributed by atoms with Gasteiger partial charge < -0.3 is 10.5 Å². The van der Waals surface area contributed by atoms with E-state index in [2.05, 4.69) is 30.5 Å². The molecule has 2 aliphatic rings. The average Bonchev–Trinajstić information content (AvgIpc) is 2.51. The summed E-state index contributed by atoms with van der Waals surface area (Å²) in [5.41, 5.74) is 6.32. The number of thioether (sulfide) groups is 1. The van der Waals surface area contributed by atoms with Gasteiger partial charge in [0, 0.05) is 37.0 Å². The van der Waals surface area contributed by atoms with E-state index in [1.54, 1.807) is 0 Å². The Morgan fingerprint density at radius 1 is 1.50 bits per heavy atom. The van der Waals surface area contributed by atoms with E-state index in [4.69, 9.17) is 10.5 Å². The van der Waals surface area contributed by atoms with E-state index in [0.29, 0.717) is 11.4 Å². The summed E-state index contributed by atoms with van der Waals surface area (Å²) in [7, 11) is 0. The van der Waals surface area contributed by atoms with Crippen LogP contribution in [0.1, 0.15) is 26.7 Å². The second-order valence-corrected chi connectivity index (χ2v) is 6.50. The molecular formula is C12H24N2OS. The summed E-state index contributed by atoms with van der Waals surface area (Å²) in [5, 5.41) is 0.655. The molecule has 0 bridgehead atoms. The quantitative estimate of drug-likeness (QED) is 0.795. The van der Waals surface area contributed by atoms with Crippen LogP contribution in [0, 0.1) is 0 Å². The number of nitrogens with zero attached hydrogens (tertiary/aromatic N) is 1. The van der Waals surface area contributed by atoms with E-state index < -0.39 is 0 Å². The molecule has 0 amide bonds. The lowest BCUT2D eigenvalue weighted by atomic mass is 9.90. The Hall–Kier alpha value is 0.230. The van der Waals surface area contributed by atoms with E-state index in [-0.39, 0.29) is 5.54 Å². The van der Waals surface area contributed by atoms with Gasteiger partial charge in [-0.2, -0.15) is 11.8 Å². The summed E-state index contributed by atoms with van der Waals surface area (Å²) in [6, 6.07) is 0. The van der Waals surface area contributed by atoms with Gasteiger partial charge in [-0.1, -0.05) is 6.92 Å². The molecule has 0 aromatic heterocycles. The van der Waals surface area contributed by atoms with E-state index in [1.165, 1.54) is 12.2 Å². The minimum Gasteiger partial charge on any atom is -0.377 e. The molecule has 3 nitrogen and oxygen atoms in total. The maximum atomic E-state index is 6.09. The standard InChI is InChI=1S/C12H24N2OS/c1-10-8-14(5-3-6-15-10)12(9-13)4-7-16-11(12)2/h10-11H,3-9,13H2,1-2H3. The normalized spacial score (nSPS) is 42.2. The van der Waals surface area contributed by atoms with E-state index in [0.717, 1.165) is 32.7 Å². The number of hydrogen-bond acceptors (Lipinski definition) is 4. The molecule has 3 atom stereocenters. The van der Waals surface area contributed by atoms with Gasteiger partial charge in [0.05, 0.1) is 6.10 Å². The molecule has 2 saturated heterocycles. The fraction of sp³-hybridized carbons (Fsp3) is 1.00. The zero-order valence-electron chi connectivity index (χ0n) is 10.4. The smallest absolute Gasteiger partial charge is 0.0674 e. The Bertz CT molecular complexity index is 239. The maximum absolute atomic E-state index is 6.09. The van der Waals surface area contributed by atoms with Crippen LogP contribution in [-0.4, -0.2) is 53.8 Å². The SMILES string of the molecule is CC1CN(C2(CN)CCSC2C)CCCO1. The highest BCUT2D eigenvalue weighted by atomic mass is 32.2. The summed E-state index contributed by atoms with van der Waals surface area (Å²) in [5.74, 6) is 1.25. The van der Waals surface area contributed by atoms with Crippen LogP contribution in [0.2, 0.25) is 0 Å². The minimum atomic E-state index is 0.229. The predicted molar refractivity (Wildman–Crippen MR) is 69.9 cm³/mol. The molecular weight excluding hydrogens is 220 g/mol. The van der Waals surface area contributed by atoms with E-state index >= 15 is 0 Å². The fourth-order valence-electron chi connectivity index (χ4n) is 2.98. The first-order valence-corrected chi connectivity index (χ1v) is 7.42. The van der Waals surface area contributed by atoms with Crippen LogP contribution < -0.4 is 5.73 Å². The molecule has 16 heavy (non-hydrogen) atoms. The van der Waals surface area contributed by atoms with Crippen LogP contribution in [0.25, 0.3) is 0 Å². The third-order valence-corrected chi connectivity index (χ3v) is 5.47. The zero-order valence-corrected chi connectivity index (χ0v) is 11.3. The molecule has 2 fully saturated rings. The molecule has 0 aliphatic carbocycles. The van der Waals surface area contributed by atoms with Crippen molar-refractivity contribution in [2.45, 2.75) is 43.6 Å². The molecule has 0 saturated carbocycles. The largest absolute Gasteiger partial charge is 0.377 e. The number of nitrogens with two attached hydrogens (primary N) is 1. The van der Waals surface area contributed by atoms with Gasteiger partial charge in [-0.3, -0.25) is 4.90 Å². The lowest BCUT2D eigenvalue weighted by Gasteiger charge is -2.43. The summed E-state index contributed by atoms with van der Waals surface area (Å²) in [6.45, 7) is 8.39. The van der Waals surface area contributed by atoms with Crippen molar-refractivity contribution in [1.29, 1.82) is 0 Å². The summed E-state index contributed by atoms with van der Waals surface area (Å²) >= 11 is 2.07. The highest BCUT2D eigenvalue weighted by molar-refractivity contribution is 8.00. The first-order chi connectivity index (χ1) is 7.69. The van der Waals surface area contributed by atoms with Gasteiger partial charge in [0.1, 0.15) is 0 Å². The predicted octanol–water partition coefficient (Wildman–Crippen LogP) is 1.32. The molecule has 0 spiro atoms. The van der Waals surface area contributed by atoms with Crippen LogP contribution in [0.4, 0.5) is 0 Å². The molecule has 2 heterocycles. The number of ether oxygens (including phenoxy) is 1. The van der Waals surface area contributed by atoms with E-state index in [9.17, 15) is 0 Å². The molecule has 2 aliphatic heterocycles. The Kier molecular flexibility index (Phi) is 4.16.